The van der Waals surface area contributed by atoms with Crippen LogP contribution in [0.2, 0.25) is 0 Å². The quantitative estimate of drug-likeness (QED) is 0.170. The SMILES string of the molecule is c1ccc(-c2nc(-c3ccc(-c4cccc(-c5cccc(-c6nc(-c7ccccc7)nc7oc8ccccc8c67)c5)c4)cc3)c3c(n2)oc2ccccc23)cc1. The molecule has 0 N–H and O–H groups in total. The summed E-state index contributed by atoms with van der Waals surface area (Å²) in [6.07, 6.45) is 0. The molecule has 11 aromatic rings. The van der Waals surface area contributed by atoms with Crippen LogP contribution in [0.25, 0.3) is 112 Å². The van der Waals surface area contributed by atoms with Crippen molar-refractivity contribution < 1.29 is 8.83 Å². The normalized spacial score (nSPS) is 11.6. The fourth-order valence-corrected chi connectivity index (χ4v) is 7.64. The van der Waals surface area contributed by atoms with E-state index in [2.05, 4.69) is 84.9 Å². The van der Waals surface area contributed by atoms with Crippen molar-refractivity contribution in [2.75, 3.05) is 0 Å². The molecule has 0 spiro atoms. The van der Waals surface area contributed by atoms with Crippen molar-refractivity contribution in [3.8, 4) is 67.5 Å². The highest BCUT2D eigenvalue weighted by Gasteiger charge is 2.20. The molecule has 7 aromatic carbocycles. The molecule has 0 atom stereocenters. The minimum atomic E-state index is 0.575. The summed E-state index contributed by atoms with van der Waals surface area (Å²) in [6, 6.07) is 62.0. The molecule has 56 heavy (non-hydrogen) atoms. The fourth-order valence-electron chi connectivity index (χ4n) is 7.64. The van der Waals surface area contributed by atoms with Gasteiger partial charge in [0.05, 0.1) is 22.2 Å². The van der Waals surface area contributed by atoms with Gasteiger partial charge in [-0.1, -0.05) is 158 Å². The van der Waals surface area contributed by atoms with E-state index in [1.807, 2.05) is 97.1 Å². The Bertz CT molecular complexity index is 3240. The van der Waals surface area contributed by atoms with Crippen LogP contribution < -0.4 is 0 Å². The van der Waals surface area contributed by atoms with Crippen LogP contribution in [0.4, 0.5) is 0 Å². The second-order valence-corrected chi connectivity index (χ2v) is 13.8. The lowest BCUT2D eigenvalue weighted by Crippen LogP contribution is -1.94. The standard InChI is InChI=1S/C50H30N4O2/c1-3-13-33(14-4-1)47-51-45(43-39-21-7-9-23-41(39)55-49(43)53-47)32-27-25-31(26-28-32)35-17-11-18-36(29-35)37-19-12-20-38(30-37)46-44-40-22-8-10-24-42(40)56-50(44)54-48(52-46)34-15-5-2-6-16-34/h1-30H. The Morgan fingerprint density at radius 2 is 0.679 bits per heavy atom. The van der Waals surface area contributed by atoms with E-state index in [1.165, 1.54) is 0 Å². The minimum absolute atomic E-state index is 0.575. The average molecular weight is 719 g/mol. The molecule has 4 heterocycles. The molecule has 0 radical (unpaired) electrons. The van der Waals surface area contributed by atoms with E-state index in [0.29, 0.717) is 23.1 Å². The van der Waals surface area contributed by atoms with Crippen molar-refractivity contribution in [3.63, 3.8) is 0 Å². The van der Waals surface area contributed by atoms with Crippen molar-refractivity contribution in [2.45, 2.75) is 0 Å². The van der Waals surface area contributed by atoms with E-state index >= 15 is 0 Å². The molecular formula is C50H30N4O2. The zero-order valence-electron chi connectivity index (χ0n) is 29.9. The van der Waals surface area contributed by atoms with Crippen LogP contribution in [0.5, 0.6) is 0 Å². The second kappa shape index (κ2) is 13.0. The van der Waals surface area contributed by atoms with Crippen LogP contribution >= 0.6 is 0 Å². The molecule has 11 rings (SSSR count). The van der Waals surface area contributed by atoms with Crippen molar-refractivity contribution in [1.82, 2.24) is 19.9 Å². The van der Waals surface area contributed by atoms with E-state index in [9.17, 15) is 0 Å². The summed E-state index contributed by atoms with van der Waals surface area (Å²) < 4.78 is 12.6. The summed E-state index contributed by atoms with van der Waals surface area (Å²) in [4.78, 5) is 20.0. The lowest BCUT2D eigenvalue weighted by atomic mass is 9.96. The van der Waals surface area contributed by atoms with Crippen LogP contribution in [0.15, 0.2) is 191 Å². The molecule has 0 saturated carbocycles. The monoisotopic (exact) mass is 718 g/mol. The van der Waals surface area contributed by atoms with Gasteiger partial charge >= 0.3 is 0 Å². The number of rotatable bonds is 6. The highest BCUT2D eigenvalue weighted by Crippen LogP contribution is 2.39. The molecule has 0 saturated heterocycles. The van der Waals surface area contributed by atoms with E-state index < -0.39 is 0 Å². The van der Waals surface area contributed by atoms with Gasteiger partial charge in [-0.25, -0.2) is 9.97 Å². The fraction of sp³-hybridized carbons (Fsp3) is 0. The van der Waals surface area contributed by atoms with Gasteiger partial charge in [0.15, 0.2) is 11.6 Å². The predicted octanol–water partition coefficient (Wildman–Crippen LogP) is 13.1. The summed E-state index contributed by atoms with van der Waals surface area (Å²) in [7, 11) is 0. The van der Waals surface area contributed by atoms with Gasteiger partial charge in [-0.3, -0.25) is 0 Å². The van der Waals surface area contributed by atoms with Crippen molar-refractivity contribution in [1.29, 1.82) is 0 Å². The highest BCUT2D eigenvalue weighted by atomic mass is 16.3. The molecule has 0 unspecified atom stereocenters. The molecule has 0 bridgehead atoms. The smallest absolute Gasteiger partial charge is 0.231 e. The Balaban J connectivity index is 0.982. The molecule has 4 aromatic heterocycles. The predicted molar refractivity (Wildman–Crippen MR) is 225 cm³/mol. The van der Waals surface area contributed by atoms with Crippen LogP contribution in [0.3, 0.4) is 0 Å². The van der Waals surface area contributed by atoms with Crippen LogP contribution in [0, 0.1) is 0 Å². The van der Waals surface area contributed by atoms with Crippen molar-refractivity contribution in [3.05, 3.63) is 182 Å². The maximum atomic E-state index is 6.29. The number of furan rings is 2. The summed E-state index contributed by atoms with van der Waals surface area (Å²) in [6.45, 7) is 0. The second-order valence-electron chi connectivity index (χ2n) is 13.8. The number of nitrogens with zero attached hydrogens (tertiary/aromatic N) is 4. The van der Waals surface area contributed by atoms with E-state index in [1.54, 1.807) is 0 Å². The van der Waals surface area contributed by atoms with Gasteiger partial charge in [-0.2, -0.15) is 9.97 Å². The summed E-state index contributed by atoms with van der Waals surface area (Å²) in [5.74, 6) is 1.26. The molecule has 6 nitrogen and oxygen atoms in total. The van der Waals surface area contributed by atoms with Gasteiger partial charge < -0.3 is 8.83 Å². The van der Waals surface area contributed by atoms with Gasteiger partial charge in [0.2, 0.25) is 11.4 Å². The van der Waals surface area contributed by atoms with Crippen LogP contribution in [-0.2, 0) is 0 Å². The molecule has 0 amide bonds. The Morgan fingerprint density at radius 1 is 0.286 bits per heavy atom. The van der Waals surface area contributed by atoms with Crippen LogP contribution in [0.1, 0.15) is 0 Å². The third-order valence-corrected chi connectivity index (χ3v) is 10.4. The molecule has 0 aliphatic carbocycles. The van der Waals surface area contributed by atoms with Gasteiger partial charge in [-0.15, -0.1) is 0 Å². The largest absolute Gasteiger partial charge is 0.438 e. The highest BCUT2D eigenvalue weighted by molar-refractivity contribution is 6.11. The molecule has 6 heteroatoms. The Hall–Kier alpha value is -7.70. The van der Waals surface area contributed by atoms with Crippen LogP contribution in [-0.4, -0.2) is 19.9 Å². The molecular weight excluding hydrogens is 689 g/mol. The van der Waals surface area contributed by atoms with Gasteiger partial charge in [-0.05, 0) is 46.5 Å². The number of hydrogen-bond acceptors (Lipinski definition) is 6. The van der Waals surface area contributed by atoms with Gasteiger partial charge in [0.1, 0.15) is 11.2 Å². The zero-order chi connectivity index (χ0) is 37.0. The van der Waals surface area contributed by atoms with Crippen molar-refractivity contribution in [2.24, 2.45) is 0 Å². The van der Waals surface area contributed by atoms with Gasteiger partial charge in [0.25, 0.3) is 0 Å². The number of para-hydroxylation sites is 2. The maximum absolute atomic E-state index is 6.29. The van der Waals surface area contributed by atoms with E-state index in [-0.39, 0.29) is 0 Å². The topological polar surface area (TPSA) is 77.8 Å². The lowest BCUT2D eigenvalue weighted by molar-refractivity contribution is 0.653. The third-order valence-electron chi connectivity index (χ3n) is 10.4. The van der Waals surface area contributed by atoms with Gasteiger partial charge in [0, 0.05) is 33.0 Å². The summed E-state index contributed by atoms with van der Waals surface area (Å²) in [5.41, 5.74) is 12.7. The number of hydrogen-bond donors (Lipinski definition) is 0. The lowest BCUT2D eigenvalue weighted by Gasteiger charge is -2.11. The molecule has 0 aliphatic heterocycles. The Kier molecular flexibility index (Phi) is 7.38. The number of aromatic nitrogens is 4. The zero-order valence-corrected chi connectivity index (χ0v) is 29.9. The number of fused-ring (bicyclic) bond motifs is 6. The first-order chi connectivity index (χ1) is 27.7. The number of benzene rings is 7. The first-order valence-corrected chi connectivity index (χ1v) is 18.5. The third kappa shape index (κ3) is 5.43. The van der Waals surface area contributed by atoms with Crippen molar-refractivity contribution >= 4 is 44.1 Å². The molecule has 0 aliphatic rings. The Labute approximate surface area is 321 Å². The average Bonchev–Trinajstić information content (AvgIpc) is 3.85. The first-order valence-electron chi connectivity index (χ1n) is 18.5. The Morgan fingerprint density at radius 3 is 1.21 bits per heavy atom. The molecule has 262 valence electrons. The van der Waals surface area contributed by atoms with E-state index in [4.69, 9.17) is 28.8 Å². The summed E-state index contributed by atoms with van der Waals surface area (Å²) >= 11 is 0. The first kappa shape index (κ1) is 31.8. The minimum Gasteiger partial charge on any atom is -0.438 e. The molecule has 0 fully saturated rings. The summed E-state index contributed by atoms with van der Waals surface area (Å²) in [5, 5.41) is 3.81. The maximum Gasteiger partial charge on any atom is 0.231 e. The van der Waals surface area contributed by atoms with E-state index in [0.717, 1.165) is 88.6 Å².